The largest absolute Gasteiger partial charge is 0.319 e. The third-order valence-electron chi connectivity index (χ3n) is 3.52. The van der Waals surface area contributed by atoms with Crippen molar-refractivity contribution in [3.8, 4) is 0 Å². The minimum absolute atomic E-state index is 0.261. The number of benzene rings is 1. The van der Waals surface area contributed by atoms with E-state index >= 15 is 0 Å². The molecule has 2 rings (SSSR count). The summed E-state index contributed by atoms with van der Waals surface area (Å²) >= 11 is 0. The molecular weight excluding hydrogens is 258 g/mol. The molecule has 1 aliphatic rings. The van der Waals surface area contributed by atoms with Gasteiger partial charge in [-0.25, -0.2) is 8.78 Å². The standard InChI is InChI=1S/C14H17F4N/c15-13(16)14(17,18)9-19-12-8-4-2-6-10-5-1-3-7-11(10)12/h1,3,5,7,12-13,19H,2,4,6,8-9H2. The van der Waals surface area contributed by atoms with Crippen molar-refractivity contribution >= 4 is 0 Å². The van der Waals surface area contributed by atoms with Crippen molar-refractivity contribution in [3.63, 3.8) is 0 Å². The second kappa shape index (κ2) is 5.90. The van der Waals surface area contributed by atoms with E-state index in [1.165, 1.54) is 0 Å². The van der Waals surface area contributed by atoms with Crippen LogP contribution in [0.5, 0.6) is 0 Å². The van der Waals surface area contributed by atoms with Crippen LogP contribution in [0.1, 0.15) is 36.4 Å². The predicted molar refractivity (Wildman–Crippen MR) is 65.7 cm³/mol. The van der Waals surface area contributed by atoms with Crippen LogP contribution in [0.15, 0.2) is 24.3 Å². The van der Waals surface area contributed by atoms with Crippen molar-refractivity contribution < 1.29 is 17.6 Å². The van der Waals surface area contributed by atoms with Crippen LogP contribution < -0.4 is 5.32 Å². The Morgan fingerprint density at radius 1 is 1.21 bits per heavy atom. The molecule has 106 valence electrons. The van der Waals surface area contributed by atoms with E-state index in [4.69, 9.17) is 0 Å². The molecule has 1 nitrogen and oxygen atoms in total. The SMILES string of the molecule is FC(F)C(F)(F)CNC1CCCCc2ccccc21. The fourth-order valence-electron chi connectivity index (χ4n) is 2.47. The van der Waals surface area contributed by atoms with Crippen LogP contribution in [-0.2, 0) is 6.42 Å². The normalized spacial score (nSPS) is 20.2. The van der Waals surface area contributed by atoms with Crippen molar-refractivity contribution in [3.05, 3.63) is 35.4 Å². The summed E-state index contributed by atoms with van der Waals surface area (Å²) in [5.41, 5.74) is 2.09. The molecular formula is C14H17F4N. The van der Waals surface area contributed by atoms with Gasteiger partial charge in [0.25, 0.3) is 0 Å². The molecule has 1 aromatic carbocycles. The summed E-state index contributed by atoms with van der Waals surface area (Å²) in [6.45, 7) is -0.982. The maximum Gasteiger partial charge on any atom is 0.319 e. The average Bonchev–Trinajstić information content (AvgIpc) is 2.58. The van der Waals surface area contributed by atoms with Crippen LogP contribution in [0.2, 0.25) is 0 Å². The highest BCUT2D eigenvalue weighted by Crippen LogP contribution is 2.30. The molecule has 0 bridgehead atoms. The second-order valence-electron chi connectivity index (χ2n) is 4.94. The highest BCUT2D eigenvalue weighted by atomic mass is 19.3. The van der Waals surface area contributed by atoms with Crippen LogP contribution in [0.25, 0.3) is 0 Å². The van der Waals surface area contributed by atoms with Crippen molar-refractivity contribution in [2.75, 3.05) is 6.54 Å². The number of hydrogen-bond donors (Lipinski definition) is 1. The minimum Gasteiger partial charge on any atom is -0.304 e. The molecule has 0 aliphatic heterocycles. The summed E-state index contributed by atoms with van der Waals surface area (Å²) in [6.07, 6.45) is -0.0933. The van der Waals surface area contributed by atoms with Gasteiger partial charge in [-0.15, -0.1) is 0 Å². The lowest BCUT2D eigenvalue weighted by molar-refractivity contribution is -0.126. The maximum atomic E-state index is 13.0. The number of alkyl halides is 4. The molecule has 0 heterocycles. The van der Waals surface area contributed by atoms with Crippen molar-refractivity contribution in [2.45, 2.75) is 44.1 Å². The zero-order valence-electron chi connectivity index (χ0n) is 10.5. The maximum absolute atomic E-state index is 13.0. The fraction of sp³-hybridized carbons (Fsp3) is 0.571. The molecule has 5 heteroatoms. The van der Waals surface area contributed by atoms with Gasteiger partial charge in [-0.1, -0.05) is 30.7 Å². The van der Waals surface area contributed by atoms with Gasteiger partial charge in [0.1, 0.15) is 0 Å². The smallest absolute Gasteiger partial charge is 0.304 e. The molecule has 0 saturated carbocycles. The highest BCUT2D eigenvalue weighted by molar-refractivity contribution is 5.31. The lowest BCUT2D eigenvalue weighted by Gasteiger charge is -2.23. The molecule has 0 spiro atoms. The molecule has 1 aromatic rings. The molecule has 0 fully saturated rings. The van der Waals surface area contributed by atoms with Gasteiger partial charge in [-0.3, -0.25) is 0 Å². The molecule has 1 aliphatic carbocycles. The summed E-state index contributed by atoms with van der Waals surface area (Å²) in [4.78, 5) is 0. The van der Waals surface area contributed by atoms with Gasteiger partial charge in [0.2, 0.25) is 0 Å². The minimum atomic E-state index is -3.97. The Labute approximate surface area is 110 Å². The Hall–Kier alpha value is -1.10. The van der Waals surface area contributed by atoms with Gasteiger partial charge in [-0.2, -0.15) is 8.78 Å². The first-order valence-corrected chi connectivity index (χ1v) is 6.48. The van der Waals surface area contributed by atoms with Crippen molar-refractivity contribution in [1.82, 2.24) is 5.32 Å². The number of nitrogens with one attached hydrogen (secondary N) is 1. The number of rotatable bonds is 4. The lowest BCUT2D eigenvalue weighted by Crippen LogP contribution is -2.40. The molecule has 1 unspecified atom stereocenters. The molecule has 1 atom stereocenters. The van der Waals surface area contributed by atoms with Gasteiger partial charge >= 0.3 is 12.3 Å². The van der Waals surface area contributed by atoms with Crippen LogP contribution in [-0.4, -0.2) is 18.9 Å². The first-order valence-electron chi connectivity index (χ1n) is 6.48. The average molecular weight is 275 g/mol. The Morgan fingerprint density at radius 2 is 1.95 bits per heavy atom. The van der Waals surface area contributed by atoms with E-state index in [9.17, 15) is 17.6 Å². The van der Waals surface area contributed by atoms with Gasteiger partial charge in [-0.05, 0) is 30.4 Å². The van der Waals surface area contributed by atoms with Crippen LogP contribution in [0.3, 0.4) is 0 Å². The quantitative estimate of drug-likeness (QED) is 0.648. The topological polar surface area (TPSA) is 12.0 Å². The Balaban J connectivity index is 2.08. The third-order valence-corrected chi connectivity index (χ3v) is 3.52. The second-order valence-corrected chi connectivity index (χ2v) is 4.94. The van der Waals surface area contributed by atoms with E-state index < -0.39 is 18.9 Å². The number of fused-ring (bicyclic) bond motifs is 1. The van der Waals surface area contributed by atoms with E-state index in [0.29, 0.717) is 6.42 Å². The summed E-state index contributed by atoms with van der Waals surface area (Å²) in [5.74, 6) is -3.97. The number of halogens is 4. The lowest BCUT2D eigenvalue weighted by atomic mass is 9.99. The van der Waals surface area contributed by atoms with E-state index in [-0.39, 0.29) is 6.04 Å². The molecule has 0 amide bonds. The monoisotopic (exact) mass is 275 g/mol. The third kappa shape index (κ3) is 3.47. The first kappa shape index (κ1) is 14.3. The summed E-state index contributed by atoms with van der Waals surface area (Å²) in [6, 6.07) is 7.36. The van der Waals surface area contributed by atoms with Gasteiger partial charge in [0.15, 0.2) is 0 Å². The predicted octanol–water partition coefficient (Wildman–Crippen LogP) is 3.94. The molecule has 0 saturated heterocycles. The first-order chi connectivity index (χ1) is 9.00. The Kier molecular flexibility index (Phi) is 4.45. The van der Waals surface area contributed by atoms with Gasteiger partial charge in [0.05, 0.1) is 6.54 Å². The summed E-state index contributed by atoms with van der Waals surface area (Å²) in [7, 11) is 0. The van der Waals surface area contributed by atoms with E-state index in [2.05, 4.69) is 5.32 Å². The summed E-state index contributed by atoms with van der Waals surface area (Å²) in [5, 5.41) is 2.61. The highest BCUT2D eigenvalue weighted by Gasteiger charge is 2.40. The van der Waals surface area contributed by atoms with E-state index in [0.717, 1.165) is 30.4 Å². The van der Waals surface area contributed by atoms with Crippen molar-refractivity contribution in [1.29, 1.82) is 0 Å². The molecule has 1 N–H and O–H groups in total. The van der Waals surface area contributed by atoms with Crippen LogP contribution in [0, 0.1) is 0 Å². The summed E-state index contributed by atoms with van der Waals surface area (Å²) < 4.78 is 50.2. The molecule has 19 heavy (non-hydrogen) atoms. The van der Waals surface area contributed by atoms with E-state index in [1.807, 2.05) is 24.3 Å². The molecule has 0 radical (unpaired) electrons. The van der Waals surface area contributed by atoms with Gasteiger partial charge in [0, 0.05) is 6.04 Å². The molecule has 0 aromatic heterocycles. The zero-order chi connectivity index (χ0) is 13.9. The van der Waals surface area contributed by atoms with Crippen molar-refractivity contribution in [2.24, 2.45) is 0 Å². The zero-order valence-corrected chi connectivity index (χ0v) is 10.5. The number of hydrogen-bond acceptors (Lipinski definition) is 1. The number of aryl methyl sites for hydroxylation is 1. The Morgan fingerprint density at radius 3 is 2.68 bits per heavy atom. The fourth-order valence-corrected chi connectivity index (χ4v) is 2.47. The van der Waals surface area contributed by atoms with Crippen LogP contribution in [0.4, 0.5) is 17.6 Å². The Bertz CT molecular complexity index is 420. The van der Waals surface area contributed by atoms with E-state index in [1.54, 1.807) is 0 Å². The van der Waals surface area contributed by atoms with Gasteiger partial charge < -0.3 is 5.32 Å². The van der Waals surface area contributed by atoms with Crippen LogP contribution >= 0.6 is 0 Å².